The van der Waals surface area contributed by atoms with Crippen molar-refractivity contribution in [3.05, 3.63) is 0 Å². The molecule has 0 spiro atoms. The van der Waals surface area contributed by atoms with E-state index in [9.17, 15) is 0 Å². The quantitative estimate of drug-likeness (QED) is 0.646. The van der Waals surface area contributed by atoms with E-state index in [1.165, 1.54) is 13.1 Å². The molecule has 0 radical (unpaired) electrons. The fourth-order valence-corrected chi connectivity index (χ4v) is 1.60. The minimum Gasteiger partial charge on any atom is -0.300 e. The second-order valence-electron chi connectivity index (χ2n) is 4.09. The van der Waals surface area contributed by atoms with Crippen molar-refractivity contribution in [3.63, 3.8) is 0 Å². The van der Waals surface area contributed by atoms with E-state index in [1.54, 1.807) is 0 Å². The van der Waals surface area contributed by atoms with Crippen molar-refractivity contribution in [2.24, 2.45) is 0 Å². The highest BCUT2D eigenvalue weighted by atomic mass is 15.3. The molecular weight excluding hydrogens is 162 g/mol. The molecule has 0 aromatic rings. The van der Waals surface area contributed by atoms with Crippen LogP contribution >= 0.6 is 0 Å². The molecule has 0 aliphatic carbocycles. The van der Waals surface area contributed by atoms with Gasteiger partial charge in [0.15, 0.2) is 0 Å². The molecular formula is C10H19N3. The molecule has 0 saturated carbocycles. The molecule has 0 aromatic carbocycles. The Kier molecular flexibility index (Phi) is 3.71. The van der Waals surface area contributed by atoms with Gasteiger partial charge in [0.05, 0.1) is 6.07 Å². The average molecular weight is 181 g/mol. The SMILES string of the molecule is CC(C)N1CC(N(C)CCC#N)C1. The Bertz CT molecular complexity index is 189. The Morgan fingerprint density at radius 1 is 1.54 bits per heavy atom. The molecule has 1 aliphatic rings. The molecule has 1 rings (SSSR count). The van der Waals surface area contributed by atoms with Crippen LogP contribution in [0.15, 0.2) is 0 Å². The van der Waals surface area contributed by atoms with Crippen LogP contribution in [0.2, 0.25) is 0 Å². The molecule has 3 heteroatoms. The van der Waals surface area contributed by atoms with Crippen molar-refractivity contribution in [2.45, 2.75) is 32.4 Å². The molecule has 0 atom stereocenters. The third-order valence-electron chi connectivity index (χ3n) is 2.82. The average Bonchev–Trinajstić information content (AvgIpc) is 1.97. The summed E-state index contributed by atoms with van der Waals surface area (Å²) in [6, 6.07) is 3.52. The number of hydrogen-bond donors (Lipinski definition) is 0. The van der Waals surface area contributed by atoms with Crippen LogP contribution in [0.3, 0.4) is 0 Å². The first-order valence-corrected chi connectivity index (χ1v) is 4.96. The summed E-state index contributed by atoms with van der Waals surface area (Å²) in [7, 11) is 2.11. The van der Waals surface area contributed by atoms with Gasteiger partial charge in [0.2, 0.25) is 0 Å². The van der Waals surface area contributed by atoms with Crippen molar-refractivity contribution in [1.29, 1.82) is 5.26 Å². The Morgan fingerprint density at radius 2 is 2.15 bits per heavy atom. The Morgan fingerprint density at radius 3 is 2.62 bits per heavy atom. The zero-order chi connectivity index (χ0) is 9.84. The number of nitrogens with zero attached hydrogens (tertiary/aromatic N) is 3. The van der Waals surface area contributed by atoms with Crippen LogP contribution in [-0.4, -0.2) is 48.6 Å². The standard InChI is InChI=1S/C10H19N3/c1-9(2)13-7-10(8-13)12(3)6-4-5-11/h9-10H,4,6-8H2,1-3H3. The van der Waals surface area contributed by atoms with Gasteiger partial charge in [0.1, 0.15) is 0 Å². The number of likely N-dealkylation sites (N-methyl/N-ethyl adjacent to an activating group) is 1. The number of hydrogen-bond acceptors (Lipinski definition) is 3. The summed E-state index contributed by atoms with van der Waals surface area (Å²) in [5.74, 6) is 0. The number of nitriles is 1. The summed E-state index contributed by atoms with van der Waals surface area (Å²) in [5.41, 5.74) is 0. The van der Waals surface area contributed by atoms with Crippen LogP contribution < -0.4 is 0 Å². The molecule has 74 valence electrons. The van der Waals surface area contributed by atoms with E-state index in [0.29, 0.717) is 18.5 Å². The first kappa shape index (κ1) is 10.5. The van der Waals surface area contributed by atoms with Crippen LogP contribution in [0.1, 0.15) is 20.3 Å². The van der Waals surface area contributed by atoms with Gasteiger partial charge in [-0.3, -0.25) is 9.80 Å². The molecule has 0 bridgehead atoms. The van der Waals surface area contributed by atoms with E-state index in [0.717, 1.165) is 6.54 Å². The van der Waals surface area contributed by atoms with Gasteiger partial charge < -0.3 is 0 Å². The first-order chi connectivity index (χ1) is 6.15. The van der Waals surface area contributed by atoms with E-state index in [-0.39, 0.29) is 0 Å². The van der Waals surface area contributed by atoms with Crippen LogP contribution in [0.4, 0.5) is 0 Å². The van der Waals surface area contributed by atoms with Crippen molar-refractivity contribution < 1.29 is 0 Å². The lowest BCUT2D eigenvalue weighted by Crippen LogP contribution is -2.60. The van der Waals surface area contributed by atoms with Gasteiger partial charge in [0, 0.05) is 38.1 Å². The number of rotatable bonds is 4. The van der Waals surface area contributed by atoms with Gasteiger partial charge in [-0.1, -0.05) is 0 Å². The fraction of sp³-hybridized carbons (Fsp3) is 0.900. The second-order valence-corrected chi connectivity index (χ2v) is 4.09. The van der Waals surface area contributed by atoms with Gasteiger partial charge in [-0.2, -0.15) is 5.26 Å². The molecule has 0 N–H and O–H groups in total. The lowest BCUT2D eigenvalue weighted by molar-refractivity contribution is 0.0281. The minimum absolute atomic E-state index is 0.647. The maximum Gasteiger partial charge on any atom is 0.0635 e. The topological polar surface area (TPSA) is 30.3 Å². The van der Waals surface area contributed by atoms with Crippen LogP contribution in [0, 0.1) is 11.3 Å². The van der Waals surface area contributed by atoms with Crippen LogP contribution in [-0.2, 0) is 0 Å². The Hall–Kier alpha value is -0.590. The lowest BCUT2D eigenvalue weighted by atomic mass is 10.1. The van der Waals surface area contributed by atoms with Crippen LogP contribution in [0.25, 0.3) is 0 Å². The Balaban J connectivity index is 2.16. The maximum absolute atomic E-state index is 8.44. The molecule has 0 amide bonds. The van der Waals surface area contributed by atoms with Gasteiger partial charge >= 0.3 is 0 Å². The van der Waals surface area contributed by atoms with Gasteiger partial charge in [-0.15, -0.1) is 0 Å². The molecule has 0 unspecified atom stereocenters. The summed E-state index contributed by atoms with van der Waals surface area (Å²) in [5, 5.41) is 8.44. The molecule has 1 fully saturated rings. The highest BCUT2D eigenvalue weighted by Crippen LogP contribution is 2.16. The normalized spacial score (nSPS) is 19.1. The van der Waals surface area contributed by atoms with Crippen LogP contribution in [0.5, 0.6) is 0 Å². The molecule has 1 heterocycles. The Labute approximate surface area is 80.9 Å². The zero-order valence-corrected chi connectivity index (χ0v) is 8.82. The summed E-state index contributed by atoms with van der Waals surface area (Å²) in [6.07, 6.45) is 0.647. The summed E-state index contributed by atoms with van der Waals surface area (Å²) in [4.78, 5) is 4.75. The molecule has 13 heavy (non-hydrogen) atoms. The van der Waals surface area contributed by atoms with Gasteiger partial charge in [-0.25, -0.2) is 0 Å². The molecule has 3 nitrogen and oxygen atoms in total. The largest absolute Gasteiger partial charge is 0.300 e. The van der Waals surface area contributed by atoms with E-state index in [2.05, 4.69) is 36.8 Å². The van der Waals surface area contributed by atoms with E-state index < -0.39 is 0 Å². The van der Waals surface area contributed by atoms with Crippen molar-refractivity contribution in [3.8, 4) is 6.07 Å². The van der Waals surface area contributed by atoms with Crippen molar-refractivity contribution in [2.75, 3.05) is 26.7 Å². The molecule has 1 aliphatic heterocycles. The van der Waals surface area contributed by atoms with E-state index >= 15 is 0 Å². The van der Waals surface area contributed by atoms with Gasteiger partial charge in [-0.05, 0) is 20.9 Å². The third-order valence-corrected chi connectivity index (χ3v) is 2.82. The maximum atomic E-state index is 8.44. The fourth-order valence-electron chi connectivity index (χ4n) is 1.60. The van der Waals surface area contributed by atoms with Crippen molar-refractivity contribution >= 4 is 0 Å². The second kappa shape index (κ2) is 4.59. The van der Waals surface area contributed by atoms with E-state index in [1.807, 2.05) is 0 Å². The predicted molar refractivity (Wildman–Crippen MR) is 53.4 cm³/mol. The summed E-state index contributed by atoms with van der Waals surface area (Å²) >= 11 is 0. The lowest BCUT2D eigenvalue weighted by Gasteiger charge is -2.46. The highest BCUT2D eigenvalue weighted by Gasteiger charge is 2.30. The molecule has 1 saturated heterocycles. The first-order valence-electron chi connectivity index (χ1n) is 4.96. The minimum atomic E-state index is 0.647. The smallest absolute Gasteiger partial charge is 0.0635 e. The van der Waals surface area contributed by atoms with Crippen molar-refractivity contribution in [1.82, 2.24) is 9.80 Å². The summed E-state index contributed by atoms with van der Waals surface area (Å²) in [6.45, 7) is 7.70. The monoisotopic (exact) mass is 181 g/mol. The van der Waals surface area contributed by atoms with Gasteiger partial charge in [0.25, 0.3) is 0 Å². The highest BCUT2D eigenvalue weighted by molar-refractivity contribution is 4.89. The van der Waals surface area contributed by atoms with E-state index in [4.69, 9.17) is 5.26 Å². The molecule has 0 aromatic heterocycles. The summed E-state index contributed by atoms with van der Waals surface area (Å²) < 4.78 is 0. The zero-order valence-electron chi connectivity index (χ0n) is 8.82. The third kappa shape index (κ3) is 2.68. The predicted octanol–water partition coefficient (Wildman–Crippen LogP) is 0.924. The number of likely N-dealkylation sites (tertiary alicyclic amines) is 1.